The van der Waals surface area contributed by atoms with Crippen LogP contribution in [0.15, 0.2) is 57.2 Å². The summed E-state index contributed by atoms with van der Waals surface area (Å²) < 4.78 is 6.93. The van der Waals surface area contributed by atoms with Crippen molar-refractivity contribution in [3.63, 3.8) is 0 Å². The minimum atomic E-state index is -0.200. The van der Waals surface area contributed by atoms with Gasteiger partial charge in [-0.2, -0.15) is 0 Å². The molecule has 3 aromatic rings. The number of aromatic nitrogens is 2. The Hall–Kier alpha value is -2.03. The number of hydrogen-bond acceptors (Lipinski definition) is 7. The van der Waals surface area contributed by atoms with Gasteiger partial charge in [-0.15, -0.1) is 10.2 Å². The molecule has 0 saturated heterocycles. The number of nitrogens with zero attached hydrogens (tertiary/aromatic N) is 3. The van der Waals surface area contributed by atoms with Crippen molar-refractivity contribution in [2.45, 2.75) is 33.0 Å². The van der Waals surface area contributed by atoms with E-state index in [4.69, 9.17) is 4.74 Å². The lowest BCUT2D eigenvalue weighted by molar-refractivity contribution is -0.117. The van der Waals surface area contributed by atoms with Gasteiger partial charge in [0.25, 0.3) is 0 Å². The number of methoxy groups -OCH3 is 1. The van der Waals surface area contributed by atoms with Gasteiger partial charge in [0.1, 0.15) is 5.75 Å². The fourth-order valence-electron chi connectivity index (χ4n) is 3.16. The van der Waals surface area contributed by atoms with Crippen LogP contribution in [-0.4, -0.2) is 35.0 Å². The number of anilines is 1. The second-order valence-corrected chi connectivity index (χ2v) is 10.4. The number of carbonyl (C=O) groups excluding carboxylic acids is 1. The van der Waals surface area contributed by atoms with Crippen LogP contribution in [0.1, 0.15) is 18.1 Å². The van der Waals surface area contributed by atoms with Crippen molar-refractivity contribution >= 4 is 46.5 Å². The minimum Gasteiger partial charge on any atom is -0.497 e. The summed E-state index contributed by atoms with van der Waals surface area (Å²) in [5.74, 6) is 1.80. The minimum absolute atomic E-state index is 0.127. The first-order chi connectivity index (χ1) is 14.1. The van der Waals surface area contributed by atoms with Crippen LogP contribution >= 0.6 is 34.9 Å². The highest BCUT2D eigenvalue weighted by molar-refractivity contribution is 8.03. The normalized spacial score (nSPS) is 13.9. The van der Waals surface area contributed by atoms with Gasteiger partial charge in [0.15, 0.2) is 8.68 Å². The number of carbonyl (C=O) groups is 1. The van der Waals surface area contributed by atoms with Gasteiger partial charge in [-0.3, -0.25) is 4.79 Å². The van der Waals surface area contributed by atoms with Crippen molar-refractivity contribution < 1.29 is 9.53 Å². The molecule has 4 rings (SSSR count). The van der Waals surface area contributed by atoms with Crippen LogP contribution in [0.25, 0.3) is 0 Å². The lowest BCUT2D eigenvalue weighted by atomic mass is 10.2. The van der Waals surface area contributed by atoms with Crippen molar-refractivity contribution in [1.29, 1.82) is 0 Å². The maximum atomic E-state index is 12.9. The molecule has 5 nitrogen and oxygen atoms in total. The van der Waals surface area contributed by atoms with Crippen molar-refractivity contribution in [1.82, 2.24) is 10.2 Å². The quantitative estimate of drug-likeness (QED) is 0.484. The largest absolute Gasteiger partial charge is 0.497 e. The molecule has 8 heteroatoms. The van der Waals surface area contributed by atoms with Crippen LogP contribution in [0.2, 0.25) is 0 Å². The Morgan fingerprint density at radius 3 is 2.72 bits per heavy atom. The summed E-state index contributed by atoms with van der Waals surface area (Å²) in [5, 5.41) is 8.34. The molecule has 2 heterocycles. The Balaban J connectivity index is 1.33. The number of ether oxygens (including phenoxy) is 1. The number of rotatable bonds is 7. The molecule has 0 saturated carbocycles. The average molecular weight is 444 g/mol. The highest BCUT2D eigenvalue weighted by Gasteiger charge is 2.28. The third-order valence-corrected chi connectivity index (χ3v) is 7.99. The van der Waals surface area contributed by atoms with E-state index in [1.165, 1.54) is 22.9 Å². The predicted octanol–water partition coefficient (Wildman–Crippen LogP) is 4.91. The lowest BCUT2D eigenvalue weighted by Gasteiger charge is -2.20. The van der Waals surface area contributed by atoms with Crippen molar-refractivity contribution in [3.05, 3.63) is 59.7 Å². The van der Waals surface area contributed by atoms with Crippen molar-refractivity contribution in [2.24, 2.45) is 0 Å². The van der Waals surface area contributed by atoms with E-state index in [-0.39, 0.29) is 11.2 Å². The van der Waals surface area contributed by atoms with E-state index in [1.54, 1.807) is 30.2 Å². The van der Waals surface area contributed by atoms with Gasteiger partial charge < -0.3 is 9.64 Å². The second-order valence-electron chi connectivity index (χ2n) is 6.60. The number of hydrogen-bond donors (Lipinski definition) is 0. The molecule has 0 N–H and O–H groups in total. The standard InChI is InChI=1S/C21H21N3O2S3/c1-14(19(25)24-12-11-16-5-3-4-6-18(16)24)28-21-23-22-20(29-21)27-13-15-7-9-17(26-2)10-8-15/h3-10,14H,11-13H2,1-2H3. The predicted molar refractivity (Wildman–Crippen MR) is 120 cm³/mol. The lowest BCUT2D eigenvalue weighted by Crippen LogP contribution is -2.35. The molecule has 0 spiro atoms. The first kappa shape index (κ1) is 20.3. The summed E-state index contributed by atoms with van der Waals surface area (Å²) in [7, 11) is 1.67. The third kappa shape index (κ3) is 4.76. The van der Waals surface area contributed by atoms with Gasteiger partial charge in [0.05, 0.1) is 12.4 Å². The van der Waals surface area contributed by atoms with E-state index < -0.39 is 0 Å². The molecular formula is C21H21N3O2S3. The van der Waals surface area contributed by atoms with Crippen LogP contribution in [0.5, 0.6) is 5.75 Å². The molecule has 0 fully saturated rings. The Morgan fingerprint density at radius 2 is 1.93 bits per heavy atom. The van der Waals surface area contributed by atoms with Crippen LogP contribution in [0.3, 0.4) is 0 Å². The van der Waals surface area contributed by atoms with E-state index >= 15 is 0 Å². The number of benzene rings is 2. The van der Waals surface area contributed by atoms with Gasteiger partial charge >= 0.3 is 0 Å². The number of amides is 1. The topological polar surface area (TPSA) is 55.3 Å². The summed E-state index contributed by atoms with van der Waals surface area (Å²) in [6.45, 7) is 2.70. The number of fused-ring (bicyclic) bond motifs is 1. The molecule has 1 aliphatic rings. The van der Waals surface area contributed by atoms with Gasteiger partial charge in [-0.05, 0) is 42.7 Å². The molecule has 1 unspecified atom stereocenters. The molecule has 2 aromatic carbocycles. The van der Waals surface area contributed by atoms with Gasteiger partial charge in [-0.25, -0.2) is 0 Å². The molecule has 0 bridgehead atoms. The highest BCUT2D eigenvalue weighted by atomic mass is 32.2. The number of para-hydroxylation sites is 1. The van der Waals surface area contributed by atoms with Crippen molar-refractivity contribution in [2.75, 3.05) is 18.6 Å². The molecule has 0 aliphatic carbocycles. The molecule has 1 atom stereocenters. The molecule has 1 amide bonds. The molecule has 150 valence electrons. The van der Waals surface area contributed by atoms with Gasteiger partial charge in [0.2, 0.25) is 5.91 Å². The Labute approximate surface area is 182 Å². The highest BCUT2D eigenvalue weighted by Crippen LogP contribution is 2.35. The van der Waals surface area contributed by atoms with E-state index in [0.29, 0.717) is 0 Å². The third-order valence-electron chi connectivity index (χ3n) is 4.69. The van der Waals surface area contributed by atoms with Crippen LogP contribution in [0.4, 0.5) is 5.69 Å². The zero-order valence-corrected chi connectivity index (χ0v) is 18.6. The van der Waals surface area contributed by atoms with Gasteiger partial charge in [-0.1, -0.05) is 65.2 Å². The molecule has 1 aromatic heterocycles. The summed E-state index contributed by atoms with van der Waals surface area (Å²) in [6, 6.07) is 16.2. The van der Waals surface area contributed by atoms with Crippen LogP contribution in [0, 0.1) is 0 Å². The first-order valence-corrected chi connectivity index (χ1v) is 12.0. The van der Waals surface area contributed by atoms with E-state index in [2.05, 4.69) is 28.4 Å². The van der Waals surface area contributed by atoms with Crippen LogP contribution in [-0.2, 0) is 17.0 Å². The van der Waals surface area contributed by atoms with E-state index in [0.717, 1.165) is 38.8 Å². The van der Waals surface area contributed by atoms with Crippen LogP contribution < -0.4 is 9.64 Å². The Kier molecular flexibility index (Phi) is 6.42. The van der Waals surface area contributed by atoms with Crippen molar-refractivity contribution in [3.8, 4) is 5.75 Å². The molecular weight excluding hydrogens is 422 g/mol. The SMILES string of the molecule is COc1ccc(CSc2nnc(SC(C)C(=O)N3CCc4ccccc43)s2)cc1. The summed E-state index contributed by atoms with van der Waals surface area (Å²) in [6.07, 6.45) is 0.921. The zero-order valence-electron chi connectivity index (χ0n) is 16.2. The summed E-state index contributed by atoms with van der Waals surface area (Å²) >= 11 is 4.68. The smallest absolute Gasteiger partial charge is 0.240 e. The van der Waals surface area contributed by atoms with E-state index in [9.17, 15) is 4.79 Å². The zero-order chi connectivity index (χ0) is 20.2. The fraction of sp³-hybridized carbons (Fsp3) is 0.286. The second kappa shape index (κ2) is 9.19. The monoisotopic (exact) mass is 443 g/mol. The summed E-state index contributed by atoms with van der Waals surface area (Å²) in [4.78, 5) is 14.8. The fourth-order valence-corrected chi connectivity index (χ4v) is 6.34. The Morgan fingerprint density at radius 1 is 1.17 bits per heavy atom. The Bertz CT molecular complexity index is 991. The average Bonchev–Trinajstić information content (AvgIpc) is 3.39. The first-order valence-electron chi connectivity index (χ1n) is 9.29. The molecule has 1 aliphatic heterocycles. The summed E-state index contributed by atoms with van der Waals surface area (Å²) in [5.41, 5.74) is 3.49. The number of thioether (sulfide) groups is 2. The maximum Gasteiger partial charge on any atom is 0.240 e. The molecule has 0 radical (unpaired) electrons. The van der Waals surface area contributed by atoms with E-state index in [1.807, 2.05) is 42.2 Å². The molecule has 29 heavy (non-hydrogen) atoms. The van der Waals surface area contributed by atoms with Gasteiger partial charge in [0, 0.05) is 18.0 Å². The maximum absolute atomic E-state index is 12.9.